The highest BCUT2D eigenvalue weighted by Crippen LogP contribution is 2.62. The van der Waals surface area contributed by atoms with Gasteiger partial charge in [-0.15, -0.1) is 5.10 Å². The number of carbonyl (C=O) groups is 1. The Morgan fingerprint density at radius 2 is 1.96 bits per heavy atom. The van der Waals surface area contributed by atoms with Gasteiger partial charge in [-0.05, 0) is 74.1 Å². The molecule has 5 atom stereocenters. The van der Waals surface area contributed by atoms with Gasteiger partial charge in [0, 0.05) is 28.7 Å². The Morgan fingerprint density at radius 1 is 1.26 bits per heavy atom. The molecule has 2 aromatic rings. The van der Waals surface area contributed by atoms with Gasteiger partial charge in [-0.1, -0.05) is 23.7 Å². The average Bonchev–Trinajstić information content (AvgIpc) is 3.53. The first-order chi connectivity index (χ1) is 13.1. The highest BCUT2D eigenvalue weighted by molar-refractivity contribution is 6.30. The minimum atomic E-state index is 0.00499. The van der Waals surface area contributed by atoms with Gasteiger partial charge in [-0.25, -0.2) is 4.68 Å². The number of nitrogens with zero attached hydrogens (tertiary/aromatic N) is 3. The molecule has 0 radical (unpaired) electrons. The van der Waals surface area contributed by atoms with Crippen LogP contribution in [0.5, 0.6) is 0 Å². The minimum Gasteiger partial charge on any atom is -0.349 e. The second-order valence-corrected chi connectivity index (χ2v) is 8.86. The normalized spacial score (nSPS) is 30.0. The number of rotatable bonds is 6. The second-order valence-electron chi connectivity index (χ2n) is 8.42. The van der Waals surface area contributed by atoms with Crippen molar-refractivity contribution in [1.82, 2.24) is 20.3 Å². The summed E-state index contributed by atoms with van der Waals surface area (Å²) in [7, 11) is 0. The average molecular weight is 385 g/mol. The number of nitrogens with one attached hydrogen (secondary N) is 1. The molecule has 5 nitrogen and oxygen atoms in total. The Hall–Kier alpha value is -1.88. The summed E-state index contributed by atoms with van der Waals surface area (Å²) in [5, 5.41) is 12.7. The number of aromatic nitrogens is 3. The molecule has 1 amide bonds. The van der Waals surface area contributed by atoms with E-state index in [4.69, 9.17) is 11.6 Å². The first-order valence-electron chi connectivity index (χ1n) is 10.1. The van der Waals surface area contributed by atoms with Crippen LogP contribution in [0.15, 0.2) is 30.5 Å². The topological polar surface area (TPSA) is 59.8 Å². The number of hydrogen-bond acceptors (Lipinski definition) is 3. The third kappa shape index (κ3) is 3.27. The number of carbonyl (C=O) groups excluding carboxylic acids is 1. The van der Waals surface area contributed by atoms with Crippen molar-refractivity contribution in [2.75, 3.05) is 0 Å². The van der Waals surface area contributed by atoms with Crippen LogP contribution < -0.4 is 5.32 Å². The molecule has 6 heteroatoms. The van der Waals surface area contributed by atoms with Crippen LogP contribution in [0.1, 0.15) is 67.0 Å². The Kier molecular flexibility index (Phi) is 4.23. The Labute approximate surface area is 164 Å². The van der Waals surface area contributed by atoms with E-state index in [1.54, 1.807) is 24.3 Å². The number of fused-ring (bicyclic) bond motifs is 1. The van der Waals surface area contributed by atoms with Gasteiger partial charge in [-0.3, -0.25) is 4.79 Å². The Morgan fingerprint density at radius 3 is 2.59 bits per heavy atom. The fourth-order valence-electron chi connectivity index (χ4n) is 5.03. The van der Waals surface area contributed by atoms with Crippen LogP contribution in [0, 0.1) is 17.8 Å². The number of amides is 1. The Balaban J connectivity index is 1.19. The molecule has 0 aliphatic heterocycles. The summed E-state index contributed by atoms with van der Waals surface area (Å²) in [5.41, 5.74) is 1.85. The summed E-state index contributed by atoms with van der Waals surface area (Å²) in [6.07, 6.45) is 8.00. The molecular weight excluding hydrogens is 360 g/mol. The van der Waals surface area contributed by atoms with Gasteiger partial charge in [0.05, 0.1) is 11.7 Å². The van der Waals surface area contributed by atoms with E-state index < -0.39 is 0 Å². The summed E-state index contributed by atoms with van der Waals surface area (Å²) in [5.74, 6) is 2.69. The summed E-state index contributed by atoms with van der Waals surface area (Å²) in [6.45, 7) is 2.16. The standard InChI is InChI=1S/C21H25ClN4O/c1-2-18(23-21(27)13-5-7-14(22)8-6-13)20-16-9-15(10-17(16)20)26-11-19(24-25-26)12-3-4-12/h5-8,11-12,15-18,20H,2-4,9-10H2,1H3,(H,23,27)/t15-,16+,17?,18?,20-/m1/s1. The van der Waals surface area contributed by atoms with E-state index >= 15 is 0 Å². The molecule has 0 spiro atoms. The van der Waals surface area contributed by atoms with Gasteiger partial charge in [0.2, 0.25) is 0 Å². The van der Waals surface area contributed by atoms with Gasteiger partial charge >= 0.3 is 0 Å². The largest absolute Gasteiger partial charge is 0.349 e. The monoisotopic (exact) mass is 384 g/mol. The molecule has 3 aliphatic carbocycles. The third-order valence-electron chi connectivity index (χ3n) is 6.71. The summed E-state index contributed by atoms with van der Waals surface area (Å²) < 4.78 is 2.10. The van der Waals surface area contributed by atoms with E-state index in [1.807, 2.05) is 0 Å². The zero-order valence-corrected chi connectivity index (χ0v) is 16.3. The molecule has 0 saturated heterocycles. The molecule has 27 heavy (non-hydrogen) atoms. The first-order valence-corrected chi connectivity index (χ1v) is 10.5. The smallest absolute Gasteiger partial charge is 0.251 e. The lowest BCUT2D eigenvalue weighted by atomic mass is 9.99. The number of benzene rings is 1. The van der Waals surface area contributed by atoms with Gasteiger partial charge in [0.25, 0.3) is 5.91 Å². The van der Waals surface area contributed by atoms with E-state index in [1.165, 1.54) is 18.5 Å². The van der Waals surface area contributed by atoms with Crippen molar-refractivity contribution in [2.45, 2.75) is 57.0 Å². The maximum absolute atomic E-state index is 12.6. The second kappa shape index (κ2) is 6.62. The fourth-order valence-corrected chi connectivity index (χ4v) is 5.16. The van der Waals surface area contributed by atoms with E-state index in [0.29, 0.717) is 40.3 Å². The molecule has 3 aliphatic rings. The molecule has 2 unspecified atom stereocenters. The van der Waals surface area contributed by atoms with Gasteiger partial charge in [0.1, 0.15) is 0 Å². The molecule has 5 rings (SSSR count). The molecule has 1 heterocycles. The summed E-state index contributed by atoms with van der Waals surface area (Å²) >= 11 is 5.92. The van der Waals surface area contributed by atoms with Crippen molar-refractivity contribution in [3.8, 4) is 0 Å². The van der Waals surface area contributed by atoms with E-state index in [9.17, 15) is 4.79 Å². The molecule has 1 N–H and O–H groups in total. The van der Waals surface area contributed by atoms with Crippen LogP contribution in [-0.2, 0) is 0 Å². The zero-order chi connectivity index (χ0) is 18.5. The van der Waals surface area contributed by atoms with Crippen LogP contribution in [0.4, 0.5) is 0 Å². The lowest BCUT2D eigenvalue weighted by molar-refractivity contribution is 0.0926. The van der Waals surface area contributed by atoms with Crippen molar-refractivity contribution in [3.05, 3.63) is 46.7 Å². The number of halogens is 1. The molecule has 1 aromatic heterocycles. The van der Waals surface area contributed by atoms with Gasteiger partial charge in [-0.2, -0.15) is 0 Å². The van der Waals surface area contributed by atoms with E-state index in [-0.39, 0.29) is 11.9 Å². The van der Waals surface area contributed by atoms with Crippen LogP contribution >= 0.6 is 11.6 Å². The van der Waals surface area contributed by atoms with E-state index in [2.05, 4.69) is 33.4 Å². The highest BCUT2D eigenvalue weighted by Gasteiger charge is 2.59. The van der Waals surface area contributed by atoms with Crippen LogP contribution in [0.3, 0.4) is 0 Å². The Bertz CT molecular complexity index is 832. The lowest BCUT2D eigenvalue weighted by Gasteiger charge is -2.21. The summed E-state index contributed by atoms with van der Waals surface area (Å²) in [6, 6.07) is 7.85. The fraction of sp³-hybridized carbons (Fsp3) is 0.571. The van der Waals surface area contributed by atoms with Crippen molar-refractivity contribution < 1.29 is 4.79 Å². The van der Waals surface area contributed by atoms with Gasteiger partial charge < -0.3 is 5.32 Å². The lowest BCUT2D eigenvalue weighted by Crippen LogP contribution is -2.37. The molecule has 0 bridgehead atoms. The van der Waals surface area contributed by atoms with Crippen LogP contribution in [0.25, 0.3) is 0 Å². The highest BCUT2D eigenvalue weighted by atomic mass is 35.5. The maximum Gasteiger partial charge on any atom is 0.251 e. The summed E-state index contributed by atoms with van der Waals surface area (Å²) in [4.78, 5) is 12.6. The molecule has 142 valence electrons. The van der Waals surface area contributed by atoms with Crippen molar-refractivity contribution in [1.29, 1.82) is 0 Å². The molecule has 1 aromatic carbocycles. The molecule has 3 fully saturated rings. The predicted molar refractivity (Wildman–Crippen MR) is 104 cm³/mol. The third-order valence-corrected chi connectivity index (χ3v) is 6.96. The zero-order valence-electron chi connectivity index (χ0n) is 15.5. The number of hydrogen-bond donors (Lipinski definition) is 1. The maximum atomic E-state index is 12.6. The van der Waals surface area contributed by atoms with Crippen molar-refractivity contribution >= 4 is 17.5 Å². The van der Waals surface area contributed by atoms with Crippen LogP contribution in [0.2, 0.25) is 5.02 Å². The van der Waals surface area contributed by atoms with Crippen molar-refractivity contribution in [2.24, 2.45) is 17.8 Å². The predicted octanol–water partition coefficient (Wildman–Crippen LogP) is 4.21. The van der Waals surface area contributed by atoms with Crippen LogP contribution in [-0.4, -0.2) is 26.9 Å². The van der Waals surface area contributed by atoms with E-state index in [0.717, 1.165) is 19.3 Å². The minimum absolute atomic E-state index is 0.00499. The quantitative estimate of drug-likeness (QED) is 0.811. The SMILES string of the molecule is CCC(NC(=O)c1ccc(Cl)cc1)[C@H]1C2C[C@H](n3cc(C4CC4)nn3)C[C@@H]21. The molecular formula is C21H25ClN4O. The van der Waals surface area contributed by atoms with Crippen molar-refractivity contribution in [3.63, 3.8) is 0 Å². The molecule has 3 saturated carbocycles. The van der Waals surface area contributed by atoms with Gasteiger partial charge in [0.15, 0.2) is 0 Å². The first kappa shape index (κ1) is 17.2.